The average molecular weight is 300 g/mol. The Labute approximate surface area is 106 Å². The van der Waals surface area contributed by atoms with Gasteiger partial charge >= 0.3 is 0 Å². The molecule has 2 N–H and O–H groups in total. The average Bonchev–Trinajstić information content (AvgIpc) is 2.71. The molecule has 0 saturated carbocycles. The second kappa shape index (κ2) is 4.88. The summed E-state index contributed by atoms with van der Waals surface area (Å²) in [5.41, 5.74) is 7.24. The molecular weight excluding hydrogens is 290 g/mol. The van der Waals surface area contributed by atoms with Gasteiger partial charge in [0.15, 0.2) is 5.82 Å². The molecule has 0 radical (unpaired) electrons. The van der Waals surface area contributed by atoms with Crippen LogP contribution >= 0.6 is 27.7 Å². The third-order valence-electron chi connectivity index (χ3n) is 1.99. The third kappa shape index (κ3) is 2.38. The number of thioether (sulfide) groups is 1. The normalized spacial score (nSPS) is 10.6. The van der Waals surface area contributed by atoms with E-state index in [1.54, 1.807) is 17.8 Å². The summed E-state index contributed by atoms with van der Waals surface area (Å²) in [6, 6.07) is 5.54. The summed E-state index contributed by atoms with van der Waals surface area (Å²) in [5.74, 6) is 1.88. The van der Waals surface area contributed by atoms with Crippen molar-refractivity contribution in [1.82, 2.24) is 10.1 Å². The lowest BCUT2D eigenvalue weighted by Crippen LogP contribution is -1.90. The highest BCUT2D eigenvalue weighted by Gasteiger charge is 2.11. The van der Waals surface area contributed by atoms with Crippen molar-refractivity contribution in [2.75, 3.05) is 12.0 Å². The monoisotopic (exact) mass is 299 g/mol. The molecule has 4 nitrogen and oxygen atoms in total. The van der Waals surface area contributed by atoms with Gasteiger partial charge in [-0.3, -0.25) is 0 Å². The van der Waals surface area contributed by atoms with Crippen LogP contribution in [0.2, 0.25) is 0 Å². The lowest BCUT2D eigenvalue weighted by Gasteiger charge is -2.00. The first-order valence-electron chi connectivity index (χ1n) is 4.57. The molecule has 1 heterocycles. The number of hydrogen-bond donors (Lipinski definition) is 1. The lowest BCUT2D eigenvalue weighted by molar-refractivity contribution is 0.425. The Morgan fingerprint density at radius 3 is 3.06 bits per heavy atom. The van der Waals surface area contributed by atoms with Gasteiger partial charge in [-0.25, -0.2) is 0 Å². The second-order valence-corrected chi connectivity index (χ2v) is 4.96. The summed E-state index contributed by atoms with van der Waals surface area (Å²) in [5, 5.41) is 3.88. The van der Waals surface area contributed by atoms with Gasteiger partial charge in [0.25, 0.3) is 5.89 Å². The highest BCUT2D eigenvalue weighted by Crippen LogP contribution is 2.27. The number of benzene rings is 1. The minimum absolute atomic E-state index is 0.461. The molecular formula is C10H10BrN3OS. The molecule has 16 heavy (non-hydrogen) atoms. The van der Waals surface area contributed by atoms with Gasteiger partial charge in [-0.1, -0.05) is 21.1 Å². The van der Waals surface area contributed by atoms with E-state index < -0.39 is 0 Å². The third-order valence-corrected chi connectivity index (χ3v) is 3.03. The molecule has 0 bridgehead atoms. The van der Waals surface area contributed by atoms with Crippen molar-refractivity contribution in [2.24, 2.45) is 0 Å². The fraction of sp³-hybridized carbons (Fsp3) is 0.200. The Morgan fingerprint density at radius 1 is 1.50 bits per heavy atom. The molecule has 0 saturated heterocycles. The van der Waals surface area contributed by atoms with Crippen molar-refractivity contribution >= 4 is 33.4 Å². The number of anilines is 1. The van der Waals surface area contributed by atoms with Gasteiger partial charge < -0.3 is 10.3 Å². The molecule has 0 aliphatic rings. The zero-order valence-electron chi connectivity index (χ0n) is 8.61. The van der Waals surface area contributed by atoms with Gasteiger partial charge in [0.2, 0.25) is 0 Å². The Balaban J connectivity index is 2.38. The second-order valence-electron chi connectivity index (χ2n) is 3.18. The van der Waals surface area contributed by atoms with Crippen LogP contribution in [0.25, 0.3) is 11.5 Å². The molecule has 0 unspecified atom stereocenters. The van der Waals surface area contributed by atoms with Crippen molar-refractivity contribution in [2.45, 2.75) is 5.75 Å². The summed E-state index contributed by atoms with van der Waals surface area (Å²) in [4.78, 5) is 4.27. The topological polar surface area (TPSA) is 64.9 Å². The van der Waals surface area contributed by atoms with E-state index in [1.165, 1.54) is 0 Å². The number of halogens is 1. The van der Waals surface area contributed by atoms with Crippen molar-refractivity contribution in [3.63, 3.8) is 0 Å². The first-order chi connectivity index (χ1) is 7.70. The first-order valence-corrected chi connectivity index (χ1v) is 6.76. The van der Waals surface area contributed by atoms with Gasteiger partial charge in [0.1, 0.15) is 0 Å². The number of nitrogen functional groups attached to an aromatic ring is 1. The van der Waals surface area contributed by atoms with Crippen LogP contribution in [0.5, 0.6) is 0 Å². The van der Waals surface area contributed by atoms with E-state index >= 15 is 0 Å². The van der Waals surface area contributed by atoms with Crippen LogP contribution in [0, 0.1) is 0 Å². The first kappa shape index (κ1) is 11.5. The van der Waals surface area contributed by atoms with Gasteiger partial charge in [0, 0.05) is 10.2 Å². The molecule has 84 valence electrons. The van der Waals surface area contributed by atoms with Gasteiger partial charge in [-0.15, -0.1) is 0 Å². The fourth-order valence-electron chi connectivity index (χ4n) is 1.26. The maximum absolute atomic E-state index is 5.85. The predicted octanol–water partition coefficient (Wildman–Crippen LogP) is 2.94. The van der Waals surface area contributed by atoms with Crippen LogP contribution in [-0.2, 0) is 5.75 Å². The van der Waals surface area contributed by atoms with E-state index in [0.29, 0.717) is 17.4 Å². The van der Waals surface area contributed by atoms with Crippen molar-refractivity contribution in [3.8, 4) is 11.5 Å². The Morgan fingerprint density at radius 2 is 2.31 bits per heavy atom. The van der Waals surface area contributed by atoms with E-state index in [0.717, 1.165) is 15.8 Å². The van der Waals surface area contributed by atoms with Crippen LogP contribution in [0.4, 0.5) is 5.69 Å². The molecule has 6 heteroatoms. The molecule has 0 aliphatic heterocycles. The molecule has 0 fully saturated rings. The molecule has 1 aromatic carbocycles. The minimum atomic E-state index is 0.461. The summed E-state index contributed by atoms with van der Waals surface area (Å²) in [7, 11) is 0. The van der Waals surface area contributed by atoms with E-state index in [2.05, 4.69) is 26.1 Å². The molecule has 1 aromatic heterocycles. The maximum Gasteiger partial charge on any atom is 0.260 e. The molecule has 2 aromatic rings. The molecule has 0 aliphatic carbocycles. The van der Waals surface area contributed by atoms with Crippen molar-refractivity contribution in [1.29, 1.82) is 0 Å². The summed E-state index contributed by atoms with van der Waals surface area (Å²) < 4.78 is 6.10. The van der Waals surface area contributed by atoms with Gasteiger partial charge in [-0.05, 0) is 24.5 Å². The van der Waals surface area contributed by atoms with Gasteiger partial charge in [-0.2, -0.15) is 16.7 Å². The predicted molar refractivity (Wildman–Crippen MR) is 69.1 cm³/mol. The van der Waals surface area contributed by atoms with Crippen molar-refractivity contribution < 1.29 is 4.52 Å². The van der Waals surface area contributed by atoms with Crippen LogP contribution in [-0.4, -0.2) is 16.4 Å². The Bertz CT molecular complexity index is 501. The largest absolute Gasteiger partial charge is 0.398 e. The number of nitrogens with two attached hydrogens (primary N) is 1. The SMILES string of the molecule is CSCc1noc(-c2cc(Br)ccc2N)n1. The standard InChI is InChI=1S/C10H10BrN3OS/c1-16-5-9-13-10(15-14-9)7-4-6(11)2-3-8(7)12/h2-4H,5,12H2,1H3. The lowest BCUT2D eigenvalue weighted by atomic mass is 10.2. The zero-order valence-corrected chi connectivity index (χ0v) is 11.0. The number of hydrogen-bond acceptors (Lipinski definition) is 5. The summed E-state index contributed by atoms with van der Waals surface area (Å²) in [6.45, 7) is 0. The van der Waals surface area contributed by atoms with E-state index in [-0.39, 0.29) is 0 Å². The molecule has 0 spiro atoms. The van der Waals surface area contributed by atoms with Crippen LogP contribution in [0.15, 0.2) is 27.2 Å². The molecule has 0 amide bonds. The number of aromatic nitrogens is 2. The number of rotatable bonds is 3. The fourth-order valence-corrected chi connectivity index (χ4v) is 2.00. The van der Waals surface area contributed by atoms with Crippen LogP contribution in [0.1, 0.15) is 5.82 Å². The molecule has 2 rings (SSSR count). The maximum atomic E-state index is 5.85. The molecule has 0 atom stereocenters. The van der Waals surface area contributed by atoms with Gasteiger partial charge in [0.05, 0.1) is 11.3 Å². The minimum Gasteiger partial charge on any atom is -0.398 e. The smallest absolute Gasteiger partial charge is 0.260 e. The Kier molecular flexibility index (Phi) is 3.50. The van der Waals surface area contributed by atoms with Crippen molar-refractivity contribution in [3.05, 3.63) is 28.5 Å². The summed E-state index contributed by atoms with van der Waals surface area (Å²) in [6.07, 6.45) is 1.99. The van der Waals surface area contributed by atoms with Crippen LogP contribution < -0.4 is 5.73 Å². The Hall–Kier alpha value is -1.01. The quantitative estimate of drug-likeness (QED) is 0.883. The van der Waals surface area contributed by atoms with E-state index in [9.17, 15) is 0 Å². The highest BCUT2D eigenvalue weighted by molar-refractivity contribution is 9.10. The zero-order chi connectivity index (χ0) is 11.5. The number of nitrogens with zero attached hydrogens (tertiary/aromatic N) is 2. The van der Waals surface area contributed by atoms with Crippen LogP contribution in [0.3, 0.4) is 0 Å². The van der Waals surface area contributed by atoms with E-state index in [1.807, 2.05) is 18.4 Å². The van der Waals surface area contributed by atoms with E-state index in [4.69, 9.17) is 10.3 Å². The summed E-state index contributed by atoms with van der Waals surface area (Å²) >= 11 is 5.03. The highest BCUT2D eigenvalue weighted by atomic mass is 79.9.